The molecule has 0 saturated heterocycles. The number of halogens is 1. The zero-order valence-corrected chi connectivity index (χ0v) is 16.8. The van der Waals surface area contributed by atoms with Crippen molar-refractivity contribution in [2.45, 2.75) is 39.0 Å². The van der Waals surface area contributed by atoms with Crippen LogP contribution in [0, 0.1) is 0 Å². The van der Waals surface area contributed by atoms with Gasteiger partial charge in [0, 0.05) is 16.0 Å². The van der Waals surface area contributed by atoms with Gasteiger partial charge in [0.2, 0.25) is 5.91 Å². The molecular weight excluding hydrogens is 382 g/mol. The SMILES string of the molecule is CCCOC(=O)c1c(NC(=O)C=Cc2cccc(Cl)c2)sc2c1CCCC2. The molecule has 1 amide bonds. The summed E-state index contributed by atoms with van der Waals surface area (Å²) in [5, 5.41) is 4.07. The predicted molar refractivity (Wildman–Crippen MR) is 111 cm³/mol. The van der Waals surface area contributed by atoms with Crippen molar-refractivity contribution in [2.75, 3.05) is 11.9 Å². The number of esters is 1. The van der Waals surface area contributed by atoms with E-state index in [0.29, 0.717) is 22.2 Å². The summed E-state index contributed by atoms with van der Waals surface area (Å²) in [6.07, 6.45) is 7.88. The van der Waals surface area contributed by atoms with Crippen molar-refractivity contribution in [3.8, 4) is 0 Å². The van der Waals surface area contributed by atoms with Crippen LogP contribution in [0.1, 0.15) is 52.5 Å². The van der Waals surface area contributed by atoms with Crippen LogP contribution < -0.4 is 5.32 Å². The number of thiophene rings is 1. The molecule has 0 radical (unpaired) electrons. The fourth-order valence-electron chi connectivity index (χ4n) is 3.07. The molecule has 0 bridgehead atoms. The number of aryl methyl sites for hydroxylation is 1. The Morgan fingerprint density at radius 3 is 2.89 bits per heavy atom. The van der Waals surface area contributed by atoms with E-state index in [-0.39, 0.29) is 11.9 Å². The van der Waals surface area contributed by atoms with E-state index >= 15 is 0 Å². The number of hydrogen-bond donors (Lipinski definition) is 1. The van der Waals surface area contributed by atoms with Gasteiger partial charge in [-0.05, 0) is 61.4 Å². The van der Waals surface area contributed by atoms with Crippen molar-refractivity contribution >= 4 is 45.9 Å². The second-order valence-corrected chi connectivity index (χ2v) is 7.97. The van der Waals surface area contributed by atoms with Crippen LogP contribution in [0.25, 0.3) is 6.08 Å². The largest absolute Gasteiger partial charge is 0.462 e. The molecule has 0 aliphatic heterocycles. The average molecular weight is 404 g/mol. The third-order valence-corrected chi connectivity index (χ3v) is 5.77. The molecule has 1 aliphatic rings. The van der Waals surface area contributed by atoms with Gasteiger partial charge in [-0.25, -0.2) is 4.79 Å². The van der Waals surface area contributed by atoms with E-state index in [0.717, 1.165) is 43.2 Å². The first-order chi connectivity index (χ1) is 13.1. The van der Waals surface area contributed by atoms with Gasteiger partial charge in [-0.1, -0.05) is 30.7 Å². The fourth-order valence-corrected chi connectivity index (χ4v) is 4.55. The van der Waals surface area contributed by atoms with Crippen molar-refractivity contribution < 1.29 is 14.3 Å². The minimum atomic E-state index is -0.342. The molecule has 27 heavy (non-hydrogen) atoms. The normalized spacial score (nSPS) is 13.4. The molecule has 3 rings (SSSR count). The lowest BCUT2D eigenvalue weighted by molar-refractivity contribution is -0.111. The Bertz CT molecular complexity index is 872. The summed E-state index contributed by atoms with van der Waals surface area (Å²) in [6.45, 7) is 2.34. The van der Waals surface area contributed by atoms with Gasteiger partial charge < -0.3 is 10.1 Å². The van der Waals surface area contributed by atoms with E-state index in [4.69, 9.17) is 16.3 Å². The summed E-state index contributed by atoms with van der Waals surface area (Å²) in [4.78, 5) is 26.1. The summed E-state index contributed by atoms with van der Waals surface area (Å²) < 4.78 is 5.35. The molecule has 6 heteroatoms. The summed E-state index contributed by atoms with van der Waals surface area (Å²) >= 11 is 7.45. The number of carbonyl (C=O) groups excluding carboxylic acids is 2. The first kappa shape index (κ1) is 19.6. The van der Waals surface area contributed by atoms with Crippen molar-refractivity contribution in [3.63, 3.8) is 0 Å². The third kappa shape index (κ3) is 4.99. The number of nitrogens with one attached hydrogen (secondary N) is 1. The maximum Gasteiger partial charge on any atom is 0.341 e. The standard InChI is InChI=1S/C21H22ClNO3S/c1-2-12-26-21(25)19-16-8-3-4-9-17(16)27-20(19)23-18(24)11-10-14-6-5-7-15(22)13-14/h5-7,10-11,13H,2-4,8-9,12H2,1H3,(H,23,24). The lowest BCUT2D eigenvalue weighted by atomic mass is 9.95. The van der Waals surface area contributed by atoms with E-state index in [2.05, 4.69) is 5.32 Å². The number of rotatable bonds is 6. The summed E-state index contributed by atoms with van der Waals surface area (Å²) in [5.41, 5.74) is 2.42. The average Bonchev–Trinajstić information content (AvgIpc) is 3.02. The molecular formula is C21H22ClNO3S. The van der Waals surface area contributed by atoms with Crippen LogP contribution in [-0.4, -0.2) is 18.5 Å². The number of anilines is 1. The molecule has 0 fully saturated rings. The Balaban J connectivity index is 1.80. The van der Waals surface area contributed by atoms with Crippen molar-refractivity contribution in [3.05, 3.63) is 56.9 Å². The Hall–Kier alpha value is -2.11. The minimum absolute atomic E-state index is 0.280. The second kappa shape index (κ2) is 9.20. The van der Waals surface area contributed by atoms with Gasteiger partial charge in [0.05, 0.1) is 12.2 Å². The molecule has 1 heterocycles. The van der Waals surface area contributed by atoms with Crippen molar-refractivity contribution in [1.29, 1.82) is 0 Å². The molecule has 0 saturated carbocycles. The van der Waals surface area contributed by atoms with E-state index in [1.807, 2.05) is 19.1 Å². The first-order valence-corrected chi connectivity index (χ1v) is 10.3. The van der Waals surface area contributed by atoms with E-state index < -0.39 is 0 Å². The molecule has 142 valence electrons. The molecule has 1 aromatic carbocycles. The van der Waals surface area contributed by atoms with Gasteiger partial charge >= 0.3 is 5.97 Å². The maximum absolute atomic E-state index is 12.6. The van der Waals surface area contributed by atoms with Crippen LogP contribution >= 0.6 is 22.9 Å². The van der Waals surface area contributed by atoms with Gasteiger partial charge in [-0.3, -0.25) is 4.79 Å². The zero-order chi connectivity index (χ0) is 19.2. The Labute approximate surface area is 168 Å². The highest BCUT2D eigenvalue weighted by Crippen LogP contribution is 2.38. The molecule has 2 aromatic rings. The summed E-state index contributed by atoms with van der Waals surface area (Å²) in [7, 11) is 0. The van der Waals surface area contributed by atoms with Crippen LogP contribution in [0.5, 0.6) is 0 Å². The number of amides is 1. The van der Waals surface area contributed by atoms with Crippen molar-refractivity contribution in [2.24, 2.45) is 0 Å². The second-order valence-electron chi connectivity index (χ2n) is 6.43. The molecule has 0 atom stereocenters. The zero-order valence-electron chi connectivity index (χ0n) is 15.2. The Morgan fingerprint density at radius 1 is 1.30 bits per heavy atom. The lowest BCUT2D eigenvalue weighted by Gasteiger charge is -2.12. The number of ether oxygens (including phenoxy) is 1. The highest BCUT2D eigenvalue weighted by Gasteiger charge is 2.27. The van der Waals surface area contributed by atoms with Gasteiger partial charge in [0.1, 0.15) is 5.00 Å². The van der Waals surface area contributed by atoms with E-state index in [9.17, 15) is 9.59 Å². The monoisotopic (exact) mass is 403 g/mol. The van der Waals surface area contributed by atoms with Crippen LogP contribution in [0.15, 0.2) is 30.3 Å². The molecule has 1 N–H and O–H groups in total. The summed E-state index contributed by atoms with van der Waals surface area (Å²) in [6, 6.07) is 7.26. The smallest absolute Gasteiger partial charge is 0.341 e. The molecule has 0 unspecified atom stereocenters. The maximum atomic E-state index is 12.6. The quantitative estimate of drug-likeness (QED) is 0.511. The van der Waals surface area contributed by atoms with Crippen LogP contribution in [0.2, 0.25) is 5.02 Å². The molecule has 1 aromatic heterocycles. The van der Waals surface area contributed by atoms with E-state index in [1.54, 1.807) is 18.2 Å². The number of carbonyl (C=O) groups is 2. The van der Waals surface area contributed by atoms with Crippen LogP contribution in [0.4, 0.5) is 5.00 Å². The van der Waals surface area contributed by atoms with Gasteiger partial charge in [-0.2, -0.15) is 0 Å². The van der Waals surface area contributed by atoms with E-state index in [1.165, 1.54) is 22.3 Å². The Morgan fingerprint density at radius 2 is 2.11 bits per heavy atom. The topological polar surface area (TPSA) is 55.4 Å². The highest BCUT2D eigenvalue weighted by molar-refractivity contribution is 7.17. The Kier molecular flexibility index (Phi) is 6.69. The van der Waals surface area contributed by atoms with Crippen LogP contribution in [0.3, 0.4) is 0 Å². The first-order valence-electron chi connectivity index (χ1n) is 9.14. The minimum Gasteiger partial charge on any atom is -0.462 e. The molecule has 1 aliphatic carbocycles. The van der Waals surface area contributed by atoms with Crippen molar-refractivity contribution in [1.82, 2.24) is 0 Å². The summed E-state index contributed by atoms with van der Waals surface area (Å²) in [5.74, 6) is -0.622. The van der Waals surface area contributed by atoms with Gasteiger partial charge in [0.25, 0.3) is 0 Å². The number of hydrogen-bond acceptors (Lipinski definition) is 4. The lowest BCUT2D eigenvalue weighted by Crippen LogP contribution is -2.14. The molecule has 4 nitrogen and oxygen atoms in total. The van der Waals surface area contributed by atoms with Gasteiger partial charge in [-0.15, -0.1) is 11.3 Å². The fraction of sp³-hybridized carbons (Fsp3) is 0.333. The highest BCUT2D eigenvalue weighted by atomic mass is 35.5. The predicted octanol–water partition coefficient (Wildman–Crippen LogP) is 5.50. The number of fused-ring (bicyclic) bond motifs is 1. The molecule has 0 spiro atoms. The third-order valence-electron chi connectivity index (χ3n) is 4.33. The van der Waals surface area contributed by atoms with Crippen LogP contribution in [-0.2, 0) is 22.4 Å². The van der Waals surface area contributed by atoms with Gasteiger partial charge in [0.15, 0.2) is 0 Å². The number of benzene rings is 1.